The van der Waals surface area contributed by atoms with E-state index in [1.54, 1.807) is 32.0 Å². The molecule has 0 aliphatic rings. The van der Waals surface area contributed by atoms with E-state index in [0.717, 1.165) is 16.7 Å². The smallest absolute Gasteiger partial charge is 0.338 e. The first-order valence-electron chi connectivity index (χ1n) is 9.70. The molecule has 0 saturated carbocycles. The van der Waals surface area contributed by atoms with E-state index in [-0.39, 0.29) is 11.4 Å². The zero-order valence-corrected chi connectivity index (χ0v) is 17.3. The van der Waals surface area contributed by atoms with E-state index >= 15 is 0 Å². The van der Waals surface area contributed by atoms with Crippen molar-refractivity contribution >= 4 is 23.3 Å². The third-order valence-electron chi connectivity index (χ3n) is 4.98. The van der Waals surface area contributed by atoms with Gasteiger partial charge in [-0.05, 0) is 48.6 Å². The number of amides is 1. The Morgan fingerprint density at radius 2 is 1.65 bits per heavy atom. The van der Waals surface area contributed by atoms with Crippen LogP contribution < -0.4 is 5.32 Å². The van der Waals surface area contributed by atoms with E-state index in [4.69, 9.17) is 4.74 Å². The Bertz CT molecular complexity index is 1130. The molecule has 0 aliphatic carbocycles. The zero-order chi connectivity index (χ0) is 22.4. The lowest BCUT2D eigenvalue weighted by molar-refractivity contribution is -0.384. The third kappa shape index (κ3) is 5.33. The van der Waals surface area contributed by atoms with Crippen LogP contribution in [0.1, 0.15) is 32.6 Å². The number of hydrogen-bond donors (Lipinski definition) is 1. The molecule has 158 valence electrons. The maximum absolute atomic E-state index is 12.6. The molecule has 0 radical (unpaired) electrons. The number of nitro benzene ring substituents is 1. The minimum Gasteiger partial charge on any atom is -0.452 e. The van der Waals surface area contributed by atoms with Gasteiger partial charge in [-0.25, -0.2) is 4.79 Å². The normalized spacial score (nSPS) is 10.4. The summed E-state index contributed by atoms with van der Waals surface area (Å²) in [5.74, 6) is -1.28. The van der Waals surface area contributed by atoms with Crippen LogP contribution in [0.5, 0.6) is 0 Å². The van der Waals surface area contributed by atoms with E-state index in [0.29, 0.717) is 17.5 Å². The largest absolute Gasteiger partial charge is 0.452 e. The zero-order valence-electron chi connectivity index (χ0n) is 17.3. The van der Waals surface area contributed by atoms with Crippen LogP contribution in [0.3, 0.4) is 0 Å². The van der Waals surface area contributed by atoms with E-state index < -0.39 is 23.4 Å². The summed E-state index contributed by atoms with van der Waals surface area (Å²) in [5, 5.41) is 13.8. The molecular formula is C24H22N2O5. The lowest BCUT2D eigenvalue weighted by Crippen LogP contribution is -2.22. The highest BCUT2D eigenvalue weighted by atomic mass is 16.6. The first-order chi connectivity index (χ1) is 14.9. The summed E-state index contributed by atoms with van der Waals surface area (Å²) >= 11 is 0. The van der Waals surface area contributed by atoms with Crippen molar-refractivity contribution in [2.45, 2.75) is 20.3 Å². The lowest BCUT2D eigenvalue weighted by atomic mass is 10.00. The van der Waals surface area contributed by atoms with Crippen LogP contribution in [0, 0.1) is 24.0 Å². The number of ether oxygens (including phenoxy) is 1. The molecule has 0 spiro atoms. The van der Waals surface area contributed by atoms with Crippen molar-refractivity contribution in [3.05, 3.63) is 105 Å². The highest BCUT2D eigenvalue weighted by molar-refractivity contribution is 5.98. The average Bonchev–Trinajstić information content (AvgIpc) is 2.76. The molecule has 1 N–H and O–H groups in total. The molecule has 3 rings (SSSR count). The molecule has 7 nitrogen and oxygen atoms in total. The number of nitrogens with zero attached hydrogens (tertiary/aromatic N) is 1. The molecule has 0 heterocycles. The van der Waals surface area contributed by atoms with Crippen molar-refractivity contribution in [2.24, 2.45) is 0 Å². The van der Waals surface area contributed by atoms with Gasteiger partial charge >= 0.3 is 5.97 Å². The van der Waals surface area contributed by atoms with Crippen molar-refractivity contribution < 1.29 is 19.2 Å². The van der Waals surface area contributed by atoms with Gasteiger partial charge in [0, 0.05) is 6.07 Å². The number of nitrogens with one attached hydrogen (secondary N) is 1. The number of nitro groups is 1. The number of rotatable bonds is 7. The predicted molar refractivity (Wildman–Crippen MR) is 117 cm³/mol. The maximum atomic E-state index is 12.6. The first-order valence-corrected chi connectivity index (χ1v) is 9.70. The summed E-state index contributed by atoms with van der Waals surface area (Å²) in [6, 6.07) is 19.7. The summed E-state index contributed by atoms with van der Waals surface area (Å²) in [7, 11) is 0. The van der Waals surface area contributed by atoms with Crippen LogP contribution >= 0.6 is 0 Å². The Morgan fingerprint density at radius 3 is 2.35 bits per heavy atom. The Hall–Kier alpha value is -4.00. The number of carbonyl (C=O) groups is 2. The van der Waals surface area contributed by atoms with Crippen molar-refractivity contribution in [2.75, 3.05) is 11.9 Å². The average molecular weight is 418 g/mol. The van der Waals surface area contributed by atoms with Crippen LogP contribution in [0.15, 0.2) is 66.7 Å². The highest BCUT2D eigenvalue weighted by Crippen LogP contribution is 2.30. The topological polar surface area (TPSA) is 98.5 Å². The van der Waals surface area contributed by atoms with Crippen molar-refractivity contribution in [1.29, 1.82) is 0 Å². The van der Waals surface area contributed by atoms with Gasteiger partial charge in [0.25, 0.3) is 11.6 Å². The second-order valence-corrected chi connectivity index (χ2v) is 7.10. The fourth-order valence-corrected chi connectivity index (χ4v) is 3.19. The summed E-state index contributed by atoms with van der Waals surface area (Å²) in [6.45, 7) is 2.92. The lowest BCUT2D eigenvalue weighted by Gasteiger charge is -2.12. The van der Waals surface area contributed by atoms with Gasteiger partial charge in [-0.15, -0.1) is 0 Å². The molecule has 0 unspecified atom stereocenters. The molecular weight excluding hydrogens is 396 g/mol. The number of carbonyl (C=O) groups excluding carboxylic acids is 2. The molecule has 31 heavy (non-hydrogen) atoms. The van der Waals surface area contributed by atoms with Gasteiger partial charge in [0.1, 0.15) is 5.69 Å². The van der Waals surface area contributed by atoms with Crippen LogP contribution in [0.25, 0.3) is 0 Å². The summed E-state index contributed by atoms with van der Waals surface area (Å²) in [5.41, 5.74) is 3.48. The second-order valence-electron chi connectivity index (χ2n) is 7.10. The SMILES string of the molecule is Cc1ccc([N+](=O)[O-])c(NC(=O)COC(=O)c2ccccc2Cc2ccccc2)c1C. The monoisotopic (exact) mass is 418 g/mol. The van der Waals surface area contributed by atoms with E-state index in [2.05, 4.69) is 5.32 Å². The first kappa shape index (κ1) is 21.7. The summed E-state index contributed by atoms with van der Waals surface area (Å²) in [6.07, 6.45) is 0.549. The molecule has 7 heteroatoms. The van der Waals surface area contributed by atoms with Gasteiger partial charge in [0.2, 0.25) is 0 Å². The van der Waals surface area contributed by atoms with Crippen LogP contribution in [-0.2, 0) is 16.0 Å². The highest BCUT2D eigenvalue weighted by Gasteiger charge is 2.20. The van der Waals surface area contributed by atoms with Crippen LogP contribution in [-0.4, -0.2) is 23.4 Å². The Morgan fingerprint density at radius 1 is 0.968 bits per heavy atom. The number of anilines is 1. The van der Waals surface area contributed by atoms with Gasteiger partial charge in [-0.3, -0.25) is 14.9 Å². The fourth-order valence-electron chi connectivity index (χ4n) is 3.19. The number of aryl methyl sites for hydroxylation is 1. The van der Waals surface area contributed by atoms with Crippen molar-refractivity contribution in [3.8, 4) is 0 Å². The molecule has 0 bridgehead atoms. The molecule has 0 fully saturated rings. The quantitative estimate of drug-likeness (QED) is 0.344. The molecule has 0 aliphatic heterocycles. The molecule has 3 aromatic carbocycles. The fraction of sp³-hybridized carbons (Fsp3) is 0.167. The molecule has 0 aromatic heterocycles. The van der Waals surface area contributed by atoms with Crippen molar-refractivity contribution in [1.82, 2.24) is 0 Å². The van der Waals surface area contributed by atoms with Crippen LogP contribution in [0.4, 0.5) is 11.4 Å². The Labute approximate surface area is 179 Å². The van der Waals surface area contributed by atoms with E-state index in [1.807, 2.05) is 42.5 Å². The number of hydrogen-bond acceptors (Lipinski definition) is 5. The van der Waals surface area contributed by atoms with Gasteiger partial charge in [0.15, 0.2) is 6.61 Å². The standard InChI is InChI=1S/C24H22N2O5/c1-16-12-13-21(26(29)30)23(17(16)2)25-22(27)15-31-24(28)20-11-7-6-10-19(20)14-18-8-4-3-5-9-18/h3-13H,14-15H2,1-2H3,(H,25,27). The summed E-state index contributed by atoms with van der Waals surface area (Å²) < 4.78 is 5.19. The van der Waals surface area contributed by atoms with Gasteiger partial charge < -0.3 is 10.1 Å². The number of benzene rings is 3. The van der Waals surface area contributed by atoms with E-state index in [9.17, 15) is 19.7 Å². The van der Waals surface area contributed by atoms with Gasteiger partial charge in [0.05, 0.1) is 10.5 Å². The van der Waals surface area contributed by atoms with Crippen molar-refractivity contribution in [3.63, 3.8) is 0 Å². The van der Waals surface area contributed by atoms with Crippen LogP contribution in [0.2, 0.25) is 0 Å². The predicted octanol–water partition coefficient (Wildman–Crippen LogP) is 4.60. The molecule has 0 atom stereocenters. The Balaban J connectivity index is 1.69. The molecule has 1 amide bonds. The third-order valence-corrected chi connectivity index (χ3v) is 4.98. The Kier molecular flexibility index (Phi) is 6.77. The van der Waals surface area contributed by atoms with Gasteiger partial charge in [-0.2, -0.15) is 0 Å². The molecule has 0 saturated heterocycles. The maximum Gasteiger partial charge on any atom is 0.338 e. The molecule has 3 aromatic rings. The second kappa shape index (κ2) is 9.67. The minimum absolute atomic E-state index is 0.107. The summed E-state index contributed by atoms with van der Waals surface area (Å²) in [4.78, 5) is 35.7. The minimum atomic E-state index is -0.648. The van der Waals surface area contributed by atoms with E-state index in [1.165, 1.54) is 6.07 Å². The van der Waals surface area contributed by atoms with Gasteiger partial charge in [-0.1, -0.05) is 54.6 Å². The number of esters is 1.